The standard InChI is InChI=1S/C11H17Cl/c12-7-11(9-3-4-9)6-8-1-2-10(11)5-8/h8-10H,1-7H2. The third-order valence-electron chi connectivity index (χ3n) is 4.66. The van der Waals surface area contributed by atoms with E-state index in [-0.39, 0.29) is 0 Å². The molecule has 1 heteroatoms. The van der Waals surface area contributed by atoms with Crippen LogP contribution >= 0.6 is 11.6 Å². The average molecular weight is 185 g/mol. The summed E-state index contributed by atoms with van der Waals surface area (Å²) in [7, 11) is 0. The maximum Gasteiger partial charge on any atom is 0.0285 e. The number of hydrogen-bond donors (Lipinski definition) is 0. The topological polar surface area (TPSA) is 0 Å². The van der Waals surface area contributed by atoms with Crippen LogP contribution < -0.4 is 0 Å². The van der Waals surface area contributed by atoms with Crippen LogP contribution in [0.2, 0.25) is 0 Å². The highest BCUT2D eigenvalue weighted by Gasteiger charge is 2.56. The lowest BCUT2D eigenvalue weighted by Crippen LogP contribution is -2.31. The highest BCUT2D eigenvalue weighted by atomic mass is 35.5. The molecule has 3 aliphatic carbocycles. The maximum atomic E-state index is 6.19. The number of fused-ring (bicyclic) bond motifs is 2. The van der Waals surface area contributed by atoms with Gasteiger partial charge in [-0.1, -0.05) is 6.42 Å². The van der Waals surface area contributed by atoms with Gasteiger partial charge in [-0.05, 0) is 55.3 Å². The van der Waals surface area contributed by atoms with Crippen LogP contribution in [0.15, 0.2) is 0 Å². The van der Waals surface area contributed by atoms with Crippen molar-refractivity contribution in [2.45, 2.75) is 38.5 Å². The van der Waals surface area contributed by atoms with Gasteiger partial charge in [0.15, 0.2) is 0 Å². The van der Waals surface area contributed by atoms with E-state index in [1.165, 1.54) is 38.5 Å². The Morgan fingerprint density at radius 1 is 1.08 bits per heavy atom. The SMILES string of the molecule is ClCC1(C2CC2)CC2CCC1C2. The molecule has 3 rings (SSSR count). The van der Waals surface area contributed by atoms with Gasteiger partial charge in [0.1, 0.15) is 0 Å². The molecule has 12 heavy (non-hydrogen) atoms. The van der Waals surface area contributed by atoms with Gasteiger partial charge >= 0.3 is 0 Å². The third-order valence-corrected chi connectivity index (χ3v) is 5.16. The van der Waals surface area contributed by atoms with E-state index in [4.69, 9.17) is 11.6 Å². The van der Waals surface area contributed by atoms with E-state index in [2.05, 4.69) is 0 Å². The van der Waals surface area contributed by atoms with Crippen molar-refractivity contribution in [3.63, 3.8) is 0 Å². The molecule has 0 N–H and O–H groups in total. The Labute approximate surface area is 79.7 Å². The molecule has 0 heterocycles. The highest BCUT2D eigenvalue weighted by molar-refractivity contribution is 6.18. The molecule has 0 nitrogen and oxygen atoms in total. The Morgan fingerprint density at radius 3 is 2.25 bits per heavy atom. The van der Waals surface area contributed by atoms with Gasteiger partial charge in [-0.25, -0.2) is 0 Å². The van der Waals surface area contributed by atoms with E-state index in [1.807, 2.05) is 0 Å². The molecule has 0 aromatic rings. The second kappa shape index (κ2) is 2.41. The normalized spacial score (nSPS) is 51.8. The molecule has 0 radical (unpaired) electrons. The predicted octanol–water partition coefficient (Wildman–Crippen LogP) is 3.44. The number of halogens is 1. The van der Waals surface area contributed by atoms with Crippen LogP contribution in [0.4, 0.5) is 0 Å². The highest BCUT2D eigenvalue weighted by Crippen LogP contribution is 2.65. The van der Waals surface area contributed by atoms with Crippen LogP contribution in [0.1, 0.15) is 38.5 Å². The molecule has 0 aliphatic heterocycles. The molecule has 3 aliphatic rings. The first-order valence-corrected chi connectivity index (χ1v) is 5.94. The summed E-state index contributed by atoms with van der Waals surface area (Å²) >= 11 is 6.19. The third kappa shape index (κ3) is 0.852. The number of hydrogen-bond acceptors (Lipinski definition) is 0. The van der Waals surface area contributed by atoms with Crippen molar-refractivity contribution in [3.8, 4) is 0 Å². The minimum atomic E-state index is 0.629. The smallest absolute Gasteiger partial charge is 0.0285 e. The fourth-order valence-corrected chi connectivity index (χ4v) is 4.46. The molecule has 0 amide bonds. The molecule has 0 aromatic carbocycles. The Kier molecular flexibility index (Phi) is 1.54. The largest absolute Gasteiger partial charge is 0.126 e. The zero-order chi connectivity index (χ0) is 8.18. The van der Waals surface area contributed by atoms with Crippen molar-refractivity contribution in [3.05, 3.63) is 0 Å². The monoisotopic (exact) mass is 184 g/mol. The van der Waals surface area contributed by atoms with Crippen molar-refractivity contribution < 1.29 is 0 Å². The van der Waals surface area contributed by atoms with Gasteiger partial charge in [0.05, 0.1) is 0 Å². The molecule has 0 aromatic heterocycles. The van der Waals surface area contributed by atoms with Gasteiger partial charge in [-0.3, -0.25) is 0 Å². The fourth-order valence-electron chi connectivity index (χ4n) is 3.92. The van der Waals surface area contributed by atoms with Crippen molar-refractivity contribution in [2.75, 3.05) is 5.88 Å². The number of rotatable bonds is 2. The van der Waals surface area contributed by atoms with Crippen LogP contribution in [0.3, 0.4) is 0 Å². The molecular formula is C11H17Cl. The molecule has 3 saturated carbocycles. The Morgan fingerprint density at radius 2 is 1.83 bits per heavy atom. The Bertz CT molecular complexity index is 197. The van der Waals surface area contributed by atoms with E-state index in [1.54, 1.807) is 0 Å². The zero-order valence-electron chi connectivity index (χ0n) is 7.56. The second-order valence-corrected chi connectivity index (χ2v) is 5.49. The summed E-state index contributed by atoms with van der Waals surface area (Å²) in [6.07, 6.45) is 8.96. The van der Waals surface area contributed by atoms with Crippen LogP contribution in [-0.2, 0) is 0 Å². The van der Waals surface area contributed by atoms with E-state index in [0.29, 0.717) is 5.41 Å². The first kappa shape index (κ1) is 7.67. The summed E-state index contributed by atoms with van der Waals surface area (Å²) in [5.74, 6) is 4.07. The van der Waals surface area contributed by atoms with E-state index in [0.717, 1.165) is 23.6 Å². The second-order valence-electron chi connectivity index (χ2n) is 5.22. The molecule has 3 unspecified atom stereocenters. The predicted molar refractivity (Wildman–Crippen MR) is 51.3 cm³/mol. The average Bonchev–Trinajstić information content (AvgIpc) is 2.78. The lowest BCUT2D eigenvalue weighted by Gasteiger charge is -2.36. The van der Waals surface area contributed by atoms with Gasteiger partial charge < -0.3 is 0 Å². The minimum absolute atomic E-state index is 0.629. The summed E-state index contributed by atoms with van der Waals surface area (Å²) in [6, 6.07) is 0. The van der Waals surface area contributed by atoms with Gasteiger partial charge in [-0.15, -0.1) is 11.6 Å². The first-order chi connectivity index (χ1) is 5.85. The van der Waals surface area contributed by atoms with Crippen LogP contribution in [0.5, 0.6) is 0 Å². The maximum absolute atomic E-state index is 6.19. The summed E-state index contributed by atoms with van der Waals surface area (Å²) in [4.78, 5) is 0. The molecular weight excluding hydrogens is 168 g/mol. The Balaban J connectivity index is 1.88. The summed E-state index contributed by atoms with van der Waals surface area (Å²) in [5, 5.41) is 0. The molecule has 3 atom stereocenters. The molecule has 68 valence electrons. The summed E-state index contributed by atoms with van der Waals surface area (Å²) in [6.45, 7) is 0. The van der Waals surface area contributed by atoms with E-state index in [9.17, 15) is 0 Å². The summed E-state index contributed by atoms with van der Waals surface area (Å²) in [5.41, 5.74) is 0.629. The van der Waals surface area contributed by atoms with Crippen molar-refractivity contribution in [1.29, 1.82) is 0 Å². The molecule has 3 fully saturated rings. The molecule has 2 bridgehead atoms. The van der Waals surface area contributed by atoms with Gasteiger partial charge in [0.2, 0.25) is 0 Å². The van der Waals surface area contributed by atoms with E-state index >= 15 is 0 Å². The van der Waals surface area contributed by atoms with Gasteiger partial charge in [-0.2, -0.15) is 0 Å². The van der Waals surface area contributed by atoms with Crippen molar-refractivity contribution in [2.24, 2.45) is 23.2 Å². The fraction of sp³-hybridized carbons (Fsp3) is 1.00. The zero-order valence-corrected chi connectivity index (χ0v) is 8.32. The lowest BCUT2D eigenvalue weighted by molar-refractivity contribution is 0.159. The lowest BCUT2D eigenvalue weighted by atomic mass is 9.71. The first-order valence-electron chi connectivity index (χ1n) is 5.41. The minimum Gasteiger partial charge on any atom is -0.126 e. The van der Waals surface area contributed by atoms with Crippen LogP contribution in [0, 0.1) is 23.2 Å². The van der Waals surface area contributed by atoms with Crippen molar-refractivity contribution in [1.82, 2.24) is 0 Å². The quantitative estimate of drug-likeness (QED) is 0.577. The van der Waals surface area contributed by atoms with Crippen LogP contribution in [0.25, 0.3) is 0 Å². The summed E-state index contributed by atoms with van der Waals surface area (Å²) < 4.78 is 0. The van der Waals surface area contributed by atoms with Gasteiger partial charge in [0, 0.05) is 5.88 Å². The van der Waals surface area contributed by atoms with E-state index < -0.39 is 0 Å². The van der Waals surface area contributed by atoms with Gasteiger partial charge in [0.25, 0.3) is 0 Å². The van der Waals surface area contributed by atoms with Crippen LogP contribution in [-0.4, -0.2) is 5.88 Å². The number of alkyl halides is 1. The Hall–Kier alpha value is 0.290. The molecule has 0 saturated heterocycles. The van der Waals surface area contributed by atoms with Crippen molar-refractivity contribution >= 4 is 11.6 Å². The molecule has 0 spiro atoms.